The van der Waals surface area contributed by atoms with Crippen LogP contribution in [0.15, 0.2) is 54.3 Å². The van der Waals surface area contributed by atoms with Gasteiger partial charge in [-0.1, -0.05) is 30.3 Å². The van der Waals surface area contributed by atoms with Crippen LogP contribution in [-0.2, 0) is 35.0 Å². The van der Waals surface area contributed by atoms with Crippen LogP contribution in [0.4, 0.5) is 0 Å². The molecule has 0 N–H and O–H groups in total. The van der Waals surface area contributed by atoms with Crippen molar-refractivity contribution in [3.63, 3.8) is 0 Å². The third-order valence-electron chi connectivity index (χ3n) is 2.86. The molecule has 2 rings (SSSR count). The van der Waals surface area contributed by atoms with Crippen LogP contribution in [0, 0.1) is 0 Å². The van der Waals surface area contributed by atoms with Crippen molar-refractivity contribution in [3.05, 3.63) is 59.9 Å². The summed E-state index contributed by atoms with van der Waals surface area (Å²) in [5, 5.41) is 0. The third kappa shape index (κ3) is 5.78. The number of esters is 3. The van der Waals surface area contributed by atoms with Crippen LogP contribution in [0.3, 0.4) is 0 Å². The number of ether oxygens (including phenoxy) is 3. The fourth-order valence-electron chi connectivity index (χ4n) is 1.92. The molecule has 120 valence electrons. The molecule has 0 saturated heterocycles. The van der Waals surface area contributed by atoms with E-state index in [0.29, 0.717) is 0 Å². The van der Waals surface area contributed by atoms with Crippen molar-refractivity contribution in [1.29, 1.82) is 0 Å². The van der Waals surface area contributed by atoms with E-state index in [-0.39, 0.29) is 18.8 Å². The molecular formula is C17H16O6. The summed E-state index contributed by atoms with van der Waals surface area (Å²) >= 11 is 0. The molecule has 0 aliphatic carbocycles. The highest BCUT2D eigenvalue weighted by molar-refractivity contribution is 5.83. The van der Waals surface area contributed by atoms with Gasteiger partial charge in [0, 0.05) is 19.1 Å². The lowest BCUT2D eigenvalue weighted by atomic mass is 10.2. The van der Waals surface area contributed by atoms with Gasteiger partial charge in [-0.3, -0.25) is 9.59 Å². The topological polar surface area (TPSA) is 78.9 Å². The van der Waals surface area contributed by atoms with Crippen LogP contribution in [-0.4, -0.2) is 30.6 Å². The highest BCUT2D eigenvalue weighted by atomic mass is 16.6. The number of benzene rings is 1. The van der Waals surface area contributed by atoms with Gasteiger partial charge in [-0.25, -0.2) is 4.79 Å². The lowest BCUT2D eigenvalue weighted by Crippen LogP contribution is -2.23. The third-order valence-corrected chi connectivity index (χ3v) is 2.86. The fourth-order valence-corrected chi connectivity index (χ4v) is 1.92. The normalized spacial score (nSPS) is 16.8. The summed E-state index contributed by atoms with van der Waals surface area (Å²) in [5.74, 6) is -1.39. The Hall–Kier alpha value is -2.89. The van der Waals surface area contributed by atoms with Gasteiger partial charge in [-0.15, -0.1) is 0 Å². The summed E-state index contributed by atoms with van der Waals surface area (Å²) < 4.78 is 15.1. The molecule has 1 atom stereocenters. The molecule has 1 aliphatic heterocycles. The second-order valence-electron chi connectivity index (χ2n) is 4.82. The first-order chi connectivity index (χ1) is 11.0. The van der Waals surface area contributed by atoms with Crippen LogP contribution in [0.1, 0.15) is 12.5 Å². The predicted octanol–water partition coefficient (Wildman–Crippen LogP) is 1.70. The van der Waals surface area contributed by atoms with E-state index in [1.54, 1.807) is 0 Å². The zero-order chi connectivity index (χ0) is 16.7. The number of carbonyl (C=O) groups excluding carboxylic acids is 3. The largest absolute Gasteiger partial charge is 0.461 e. The summed E-state index contributed by atoms with van der Waals surface area (Å²) in [7, 11) is 0. The van der Waals surface area contributed by atoms with E-state index in [1.165, 1.54) is 19.1 Å². The number of allylic oxidation sites excluding steroid dienone is 1. The van der Waals surface area contributed by atoms with Crippen molar-refractivity contribution in [2.75, 3.05) is 6.61 Å². The molecule has 0 unspecified atom stereocenters. The molecule has 0 bridgehead atoms. The fraction of sp³-hybridized carbons (Fsp3) is 0.235. The summed E-state index contributed by atoms with van der Waals surface area (Å²) in [6, 6.07) is 9.14. The highest BCUT2D eigenvalue weighted by Gasteiger charge is 2.18. The molecule has 1 aromatic rings. The molecule has 6 nitrogen and oxygen atoms in total. The second-order valence-corrected chi connectivity index (χ2v) is 4.82. The molecule has 1 aromatic carbocycles. The van der Waals surface area contributed by atoms with Crippen LogP contribution >= 0.6 is 0 Å². The molecule has 1 aliphatic rings. The highest BCUT2D eigenvalue weighted by Crippen LogP contribution is 2.11. The second kappa shape index (κ2) is 7.93. The first-order valence-corrected chi connectivity index (χ1v) is 7.01. The molecule has 0 spiro atoms. The van der Waals surface area contributed by atoms with Crippen molar-refractivity contribution in [1.82, 2.24) is 0 Å². The average Bonchev–Trinajstić information content (AvgIpc) is 2.67. The van der Waals surface area contributed by atoms with E-state index in [1.807, 2.05) is 30.3 Å². The molecule has 1 heterocycles. The molecule has 0 amide bonds. The SMILES string of the molecule is CC(=O)OC1=C[C@H](COC(=O)Cc2ccccc2)OC(=O)C=C1. The number of hydrogen-bond acceptors (Lipinski definition) is 6. The van der Waals surface area contributed by atoms with E-state index in [9.17, 15) is 14.4 Å². The predicted molar refractivity (Wildman–Crippen MR) is 80.0 cm³/mol. The number of hydrogen-bond donors (Lipinski definition) is 0. The first-order valence-electron chi connectivity index (χ1n) is 7.01. The maximum Gasteiger partial charge on any atom is 0.331 e. The average molecular weight is 316 g/mol. The summed E-state index contributed by atoms with van der Waals surface area (Å²) in [4.78, 5) is 34.2. The van der Waals surface area contributed by atoms with Crippen molar-refractivity contribution < 1.29 is 28.6 Å². The van der Waals surface area contributed by atoms with Gasteiger partial charge in [0.2, 0.25) is 0 Å². The van der Waals surface area contributed by atoms with Gasteiger partial charge in [0.05, 0.1) is 6.42 Å². The standard InChI is InChI=1S/C17H16O6/c1-12(18)22-14-7-8-16(19)23-15(10-14)11-21-17(20)9-13-5-3-2-4-6-13/h2-8,10,15H,9,11H2,1H3/t15-/m1/s1. The maximum atomic E-state index is 11.8. The van der Waals surface area contributed by atoms with Gasteiger partial charge in [0.15, 0.2) is 6.10 Å². The van der Waals surface area contributed by atoms with Crippen molar-refractivity contribution in [2.24, 2.45) is 0 Å². The van der Waals surface area contributed by atoms with E-state index in [2.05, 4.69) is 0 Å². The van der Waals surface area contributed by atoms with Gasteiger partial charge < -0.3 is 14.2 Å². The lowest BCUT2D eigenvalue weighted by Gasteiger charge is -2.13. The monoisotopic (exact) mass is 316 g/mol. The van der Waals surface area contributed by atoms with Gasteiger partial charge in [-0.2, -0.15) is 0 Å². The smallest absolute Gasteiger partial charge is 0.331 e. The number of rotatable bonds is 5. The Bertz CT molecular complexity index is 644. The molecule has 0 radical (unpaired) electrons. The zero-order valence-electron chi connectivity index (χ0n) is 12.6. The Balaban J connectivity index is 1.91. The van der Waals surface area contributed by atoms with Crippen LogP contribution in [0.5, 0.6) is 0 Å². The van der Waals surface area contributed by atoms with Gasteiger partial charge >= 0.3 is 17.9 Å². The Morgan fingerprint density at radius 2 is 1.91 bits per heavy atom. The van der Waals surface area contributed by atoms with Crippen molar-refractivity contribution in [3.8, 4) is 0 Å². The quantitative estimate of drug-likeness (QED) is 0.608. The summed E-state index contributed by atoms with van der Waals surface area (Å²) in [6.45, 7) is 1.10. The molecule has 6 heteroatoms. The minimum atomic E-state index is -0.813. The Labute approximate surface area is 133 Å². The molecular weight excluding hydrogens is 300 g/mol. The molecule has 0 saturated carbocycles. The van der Waals surface area contributed by atoms with Crippen LogP contribution in [0.25, 0.3) is 0 Å². The molecule has 0 aromatic heterocycles. The van der Waals surface area contributed by atoms with E-state index in [4.69, 9.17) is 14.2 Å². The lowest BCUT2D eigenvalue weighted by molar-refractivity contribution is -0.152. The van der Waals surface area contributed by atoms with E-state index >= 15 is 0 Å². The van der Waals surface area contributed by atoms with Crippen LogP contribution in [0.2, 0.25) is 0 Å². The maximum absolute atomic E-state index is 11.8. The first kappa shape index (κ1) is 16.5. The van der Waals surface area contributed by atoms with Crippen molar-refractivity contribution in [2.45, 2.75) is 19.4 Å². The summed E-state index contributed by atoms with van der Waals surface area (Å²) in [6.07, 6.45) is 3.20. The van der Waals surface area contributed by atoms with E-state index < -0.39 is 24.0 Å². The van der Waals surface area contributed by atoms with Gasteiger partial charge in [0.25, 0.3) is 0 Å². The minimum Gasteiger partial charge on any atom is -0.461 e. The Kier molecular flexibility index (Phi) is 5.68. The zero-order valence-corrected chi connectivity index (χ0v) is 12.6. The Morgan fingerprint density at radius 1 is 1.17 bits per heavy atom. The molecule has 0 fully saturated rings. The van der Waals surface area contributed by atoms with Gasteiger partial charge in [-0.05, 0) is 11.6 Å². The minimum absolute atomic E-state index is 0.125. The van der Waals surface area contributed by atoms with Gasteiger partial charge in [0.1, 0.15) is 12.4 Å². The Morgan fingerprint density at radius 3 is 2.61 bits per heavy atom. The van der Waals surface area contributed by atoms with Crippen molar-refractivity contribution >= 4 is 17.9 Å². The summed E-state index contributed by atoms with van der Waals surface area (Å²) in [5.41, 5.74) is 0.827. The van der Waals surface area contributed by atoms with Crippen LogP contribution < -0.4 is 0 Å². The molecule has 23 heavy (non-hydrogen) atoms. The number of cyclic esters (lactones) is 1. The number of carbonyl (C=O) groups is 3. The van der Waals surface area contributed by atoms with E-state index in [0.717, 1.165) is 11.6 Å².